The van der Waals surface area contributed by atoms with E-state index >= 15 is 0 Å². The molecule has 1 aliphatic rings. The van der Waals surface area contributed by atoms with Crippen molar-refractivity contribution in [1.82, 2.24) is 4.90 Å². The van der Waals surface area contributed by atoms with Gasteiger partial charge in [-0.2, -0.15) is 0 Å². The number of hydrogen-bond acceptors (Lipinski definition) is 4. The van der Waals surface area contributed by atoms with E-state index in [1.165, 1.54) is 12.1 Å². The SMILES string of the molecule is CC(C)N1CCN(c2ccc(F)c(N)c2C(=O)O)CC1. The van der Waals surface area contributed by atoms with Gasteiger partial charge in [-0.05, 0) is 26.0 Å². The first-order chi connectivity index (χ1) is 9.41. The number of carboxylic acids is 1. The molecule has 6 heteroatoms. The first-order valence-electron chi connectivity index (χ1n) is 6.72. The van der Waals surface area contributed by atoms with Crippen LogP contribution in [0.3, 0.4) is 0 Å². The number of piperazine rings is 1. The first-order valence-corrected chi connectivity index (χ1v) is 6.72. The van der Waals surface area contributed by atoms with Crippen molar-refractivity contribution in [1.29, 1.82) is 0 Å². The van der Waals surface area contributed by atoms with Gasteiger partial charge in [0.1, 0.15) is 11.4 Å². The van der Waals surface area contributed by atoms with Gasteiger partial charge in [-0.25, -0.2) is 9.18 Å². The fourth-order valence-electron chi connectivity index (χ4n) is 2.55. The van der Waals surface area contributed by atoms with Crippen LogP contribution in [0.25, 0.3) is 0 Å². The van der Waals surface area contributed by atoms with Crippen molar-refractivity contribution in [2.24, 2.45) is 0 Å². The summed E-state index contributed by atoms with van der Waals surface area (Å²) in [5.74, 6) is -1.88. The van der Waals surface area contributed by atoms with Gasteiger partial charge in [0.15, 0.2) is 0 Å². The molecule has 1 saturated heterocycles. The van der Waals surface area contributed by atoms with Crippen molar-refractivity contribution in [3.8, 4) is 0 Å². The molecular formula is C14H20FN3O2. The number of nitrogens with zero attached hydrogens (tertiary/aromatic N) is 2. The van der Waals surface area contributed by atoms with Gasteiger partial charge in [0.2, 0.25) is 0 Å². The third kappa shape index (κ3) is 2.70. The largest absolute Gasteiger partial charge is 0.478 e. The van der Waals surface area contributed by atoms with Crippen LogP contribution < -0.4 is 10.6 Å². The van der Waals surface area contributed by atoms with E-state index in [0.717, 1.165) is 13.1 Å². The minimum absolute atomic E-state index is 0.136. The zero-order chi connectivity index (χ0) is 14.9. The highest BCUT2D eigenvalue weighted by atomic mass is 19.1. The highest BCUT2D eigenvalue weighted by molar-refractivity contribution is 6.00. The van der Waals surface area contributed by atoms with E-state index in [1.54, 1.807) is 0 Å². The first kappa shape index (κ1) is 14.6. The molecule has 110 valence electrons. The molecule has 1 fully saturated rings. The van der Waals surface area contributed by atoms with Crippen molar-refractivity contribution in [3.63, 3.8) is 0 Å². The van der Waals surface area contributed by atoms with E-state index in [-0.39, 0.29) is 11.3 Å². The van der Waals surface area contributed by atoms with Gasteiger partial charge in [0.05, 0.1) is 11.4 Å². The van der Waals surface area contributed by atoms with E-state index in [9.17, 15) is 14.3 Å². The molecule has 20 heavy (non-hydrogen) atoms. The second kappa shape index (κ2) is 5.66. The number of anilines is 2. The van der Waals surface area contributed by atoms with Gasteiger partial charge >= 0.3 is 5.97 Å². The molecule has 1 aromatic carbocycles. The van der Waals surface area contributed by atoms with Crippen LogP contribution in [0.15, 0.2) is 12.1 Å². The molecule has 0 aromatic heterocycles. The number of nitrogen functional groups attached to an aromatic ring is 1. The minimum atomic E-state index is -1.19. The monoisotopic (exact) mass is 281 g/mol. The highest BCUT2D eigenvalue weighted by Gasteiger charge is 2.25. The fourth-order valence-corrected chi connectivity index (χ4v) is 2.55. The smallest absolute Gasteiger partial charge is 0.340 e. The summed E-state index contributed by atoms with van der Waals surface area (Å²) in [7, 11) is 0. The van der Waals surface area contributed by atoms with Crippen LogP contribution in [0, 0.1) is 5.82 Å². The summed E-state index contributed by atoms with van der Waals surface area (Å²) in [6.45, 7) is 7.40. The maximum atomic E-state index is 13.4. The number of carbonyl (C=O) groups is 1. The summed E-state index contributed by atoms with van der Waals surface area (Å²) in [5, 5.41) is 9.26. The van der Waals surface area contributed by atoms with Gasteiger partial charge in [0, 0.05) is 32.2 Å². The van der Waals surface area contributed by atoms with Crippen molar-refractivity contribution in [3.05, 3.63) is 23.5 Å². The summed E-state index contributed by atoms with van der Waals surface area (Å²) in [6, 6.07) is 3.20. The van der Waals surface area contributed by atoms with Gasteiger partial charge < -0.3 is 15.7 Å². The van der Waals surface area contributed by atoms with Crippen molar-refractivity contribution in [2.45, 2.75) is 19.9 Å². The summed E-state index contributed by atoms with van der Waals surface area (Å²) in [6.07, 6.45) is 0. The Hall–Kier alpha value is -1.82. The second-order valence-corrected chi connectivity index (χ2v) is 5.28. The third-order valence-corrected chi connectivity index (χ3v) is 3.77. The van der Waals surface area contributed by atoms with Crippen LogP contribution in [-0.4, -0.2) is 48.2 Å². The Morgan fingerprint density at radius 3 is 2.40 bits per heavy atom. The number of rotatable bonds is 3. The Morgan fingerprint density at radius 2 is 1.90 bits per heavy atom. The maximum Gasteiger partial charge on any atom is 0.340 e. The van der Waals surface area contributed by atoms with E-state index in [2.05, 4.69) is 18.7 Å². The second-order valence-electron chi connectivity index (χ2n) is 5.28. The topological polar surface area (TPSA) is 69.8 Å². The number of benzene rings is 1. The molecule has 2 rings (SSSR count). The molecular weight excluding hydrogens is 261 g/mol. The molecule has 5 nitrogen and oxygen atoms in total. The average molecular weight is 281 g/mol. The van der Waals surface area contributed by atoms with Crippen molar-refractivity contribution in [2.75, 3.05) is 36.8 Å². The van der Waals surface area contributed by atoms with Gasteiger partial charge in [-0.3, -0.25) is 4.90 Å². The van der Waals surface area contributed by atoms with E-state index < -0.39 is 11.8 Å². The molecule has 1 aromatic rings. The number of halogens is 1. The summed E-state index contributed by atoms with van der Waals surface area (Å²) in [4.78, 5) is 15.6. The van der Waals surface area contributed by atoms with E-state index in [0.29, 0.717) is 24.8 Å². The molecule has 0 atom stereocenters. The Labute approximate surface area is 117 Å². The van der Waals surface area contributed by atoms with Gasteiger partial charge in [-0.1, -0.05) is 0 Å². The number of nitrogens with two attached hydrogens (primary N) is 1. The van der Waals surface area contributed by atoms with Crippen LogP contribution in [0.5, 0.6) is 0 Å². The van der Waals surface area contributed by atoms with E-state index in [1.807, 2.05) is 4.90 Å². The predicted octanol–water partition coefficient (Wildman–Crippen LogP) is 1.64. The highest BCUT2D eigenvalue weighted by Crippen LogP contribution is 2.29. The van der Waals surface area contributed by atoms with Gasteiger partial charge in [-0.15, -0.1) is 0 Å². The fraction of sp³-hybridized carbons (Fsp3) is 0.500. The lowest BCUT2D eigenvalue weighted by Crippen LogP contribution is -2.49. The lowest BCUT2D eigenvalue weighted by Gasteiger charge is -2.38. The summed E-state index contributed by atoms with van der Waals surface area (Å²) < 4.78 is 13.4. The van der Waals surface area contributed by atoms with Crippen LogP contribution in [0.4, 0.5) is 15.8 Å². The lowest BCUT2D eigenvalue weighted by atomic mass is 10.1. The average Bonchev–Trinajstić information content (AvgIpc) is 2.41. The molecule has 1 heterocycles. The molecule has 0 amide bonds. The quantitative estimate of drug-likeness (QED) is 0.824. The Bertz CT molecular complexity index is 511. The minimum Gasteiger partial charge on any atom is -0.478 e. The number of aromatic carboxylic acids is 1. The Morgan fingerprint density at radius 1 is 1.30 bits per heavy atom. The van der Waals surface area contributed by atoms with Crippen LogP contribution in [0.1, 0.15) is 24.2 Å². The summed E-state index contributed by atoms with van der Waals surface area (Å²) >= 11 is 0. The number of carboxylic acid groups (broad SMARTS) is 1. The molecule has 0 spiro atoms. The van der Waals surface area contributed by atoms with Gasteiger partial charge in [0.25, 0.3) is 0 Å². The molecule has 3 N–H and O–H groups in total. The molecule has 0 unspecified atom stereocenters. The summed E-state index contributed by atoms with van der Waals surface area (Å²) in [5.41, 5.74) is 5.65. The zero-order valence-corrected chi connectivity index (χ0v) is 11.8. The Kier molecular flexibility index (Phi) is 4.13. The normalized spacial score (nSPS) is 16.7. The number of hydrogen-bond donors (Lipinski definition) is 2. The molecule has 0 bridgehead atoms. The van der Waals surface area contributed by atoms with Crippen LogP contribution in [0.2, 0.25) is 0 Å². The molecule has 1 aliphatic heterocycles. The standard InChI is InChI=1S/C14H20FN3O2/c1-9(2)17-5-7-18(8-6-17)11-4-3-10(15)13(16)12(11)14(19)20/h3-4,9H,5-8,16H2,1-2H3,(H,19,20). The third-order valence-electron chi connectivity index (χ3n) is 3.77. The van der Waals surface area contributed by atoms with Crippen molar-refractivity contribution >= 4 is 17.3 Å². The van der Waals surface area contributed by atoms with E-state index in [4.69, 9.17) is 5.73 Å². The van der Waals surface area contributed by atoms with Crippen LogP contribution >= 0.6 is 0 Å². The lowest BCUT2D eigenvalue weighted by molar-refractivity contribution is 0.0698. The van der Waals surface area contributed by atoms with Crippen LogP contribution in [-0.2, 0) is 0 Å². The maximum absolute atomic E-state index is 13.4. The Balaban J connectivity index is 2.26. The molecule has 0 saturated carbocycles. The van der Waals surface area contributed by atoms with Crippen molar-refractivity contribution < 1.29 is 14.3 Å². The molecule has 0 aliphatic carbocycles. The molecule has 0 radical (unpaired) electrons. The zero-order valence-electron chi connectivity index (χ0n) is 11.8. The predicted molar refractivity (Wildman–Crippen MR) is 76.7 cm³/mol.